The summed E-state index contributed by atoms with van der Waals surface area (Å²) in [5.74, 6) is -0.739. The molecule has 0 radical (unpaired) electrons. The highest BCUT2D eigenvalue weighted by atomic mass is 16.3. The number of nitrogens with one attached hydrogen (secondary N) is 2. The molecule has 0 aliphatic rings. The first-order valence-electron chi connectivity index (χ1n) is 9.47. The fraction of sp³-hybridized carbons (Fsp3) is 0.217. The molecule has 5 N–H and O–H groups in total. The molecule has 0 spiro atoms. The molecular formula is C23H25N3O3. The highest BCUT2D eigenvalue weighted by molar-refractivity contribution is 6.00. The van der Waals surface area contributed by atoms with Gasteiger partial charge in [-0.25, -0.2) is 0 Å². The SMILES string of the molecule is Cc1ccc(NC(=O)[C@@H](N)CO)cc1C(=O)N[C@H](C)c1cccc2ccccc12. The van der Waals surface area contributed by atoms with Crippen molar-refractivity contribution < 1.29 is 14.7 Å². The molecule has 0 aliphatic heterocycles. The normalized spacial score (nSPS) is 13.0. The van der Waals surface area contributed by atoms with Gasteiger partial charge in [0.15, 0.2) is 0 Å². The molecule has 0 saturated heterocycles. The van der Waals surface area contributed by atoms with E-state index < -0.39 is 18.6 Å². The Bertz CT molecular complexity index is 1040. The summed E-state index contributed by atoms with van der Waals surface area (Å²) in [5.41, 5.74) is 8.27. The molecule has 3 aromatic carbocycles. The highest BCUT2D eigenvalue weighted by Gasteiger charge is 2.17. The first-order valence-corrected chi connectivity index (χ1v) is 9.47. The third-order valence-corrected chi connectivity index (χ3v) is 4.92. The molecule has 29 heavy (non-hydrogen) atoms. The van der Waals surface area contributed by atoms with Crippen molar-refractivity contribution in [2.75, 3.05) is 11.9 Å². The van der Waals surface area contributed by atoms with Crippen molar-refractivity contribution in [3.05, 3.63) is 77.4 Å². The number of hydrogen-bond donors (Lipinski definition) is 4. The minimum Gasteiger partial charge on any atom is -0.394 e. The Morgan fingerprint density at radius 2 is 1.79 bits per heavy atom. The minimum absolute atomic E-state index is 0.200. The summed E-state index contributed by atoms with van der Waals surface area (Å²) >= 11 is 0. The van der Waals surface area contributed by atoms with Crippen LogP contribution in [0.4, 0.5) is 5.69 Å². The van der Waals surface area contributed by atoms with Gasteiger partial charge in [-0.15, -0.1) is 0 Å². The number of fused-ring (bicyclic) bond motifs is 1. The minimum atomic E-state index is -1.01. The van der Waals surface area contributed by atoms with E-state index in [9.17, 15) is 9.59 Å². The van der Waals surface area contributed by atoms with Crippen LogP contribution in [0.5, 0.6) is 0 Å². The lowest BCUT2D eigenvalue weighted by Gasteiger charge is -2.18. The molecule has 6 nitrogen and oxygen atoms in total. The Morgan fingerprint density at radius 1 is 1.07 bits per heavy atom. The van der Waals surface area contributed by atoms with E-state index in [1.807, 2.05) is 56.3 Å². The van der Waals surface area contributed by atoms with Gasteiger partial charge in [-0.05, 0) is 47.9 Å². The van der Waals surface area contributed by atoms with Gasteiger partial charge in [0.2, 0.25) is 5.91 Å². The van der Waals surface area contributed by atoms with E-state index in [4.69, 9.17) is 10.8 Å². The maximum absolute atomic E-state index is 12.9. The standard InChI is InChI=1S/C23H25N3O3/c1-14-10-11-17(26-23(29)21(24)13-27)12-20(14)22(28)25-15(2)18-9-5-7-16-6-3-4-8-19(16)18/h3-12,15,21,27H,13,24H2,1-2H3,(H,25,28)(H,26,29)/t15-,21+/m1/s1. The molecule has 0 heterocycles. The number of hydrogen-bond acceptors (Lipinski definition) is 4. The molecule has 0 aromatic heterocycles. The molecule has 0 bridgehead atoms. The second kappa shape index (κ2) is 8.86. The Hall–Kier alpha value is -3.22. The van der Waals surface area contributed by atoms with Crippen molar-refractivity contribution in [2.24, 2.45) is 5.73 Å². The Balaban J connectivity index is 1.81. The van der Waals surface area contributed by atoms with Crippen molar-refractivity contribution in [3.63, 3.8) is 0 Å². The van der Waals surface area contributed by atoms with Crippen molar-refractivity contribution in [1.82, 2.24) is 5.32 Å². The van der Waals surface area contributed by atoms with Gasteiger partial charge in [-0.1, -0.05) is 48.5 Å². The zero-order chi connectivity index (χ0) is 21.0. The average molecular weight is 391 g/mol. The number of aliphatic hydroxyl groups excluding tert-OH is 1. The summed E-state index contributed by atoms with van der Waals surface area (Å²) in [6, 6.07) is 17.9. The summed E-state index contributed by atoms with van der Waals surface area (Å²) in [7, 11) is 0. The lowest BCUT2D eigenvalue weighted by molar-refractivity contribution is -0.118. The van der Waals surface area contributed by atoms with E-state index in [0.717, 1.165) is 21.9 Å². The number of aryl methyl sites for hydroxylation is 1. The fourth-order valence-electron chi connectivity index (χ4n) is 3.24. The van der Waals surface area contributed by atoms with Crippen LogP contribution in [0.25, 0.3) is 10.8 Å². The molecule has 2 amide bonds. The van der Waals surface area contributed by atoms with Crippen LogP contribution in [0.15, 0.2) is 60.7 Å². The van der Waals surface area contributed by atoms with Crippen LogP contribution in [-0.2, 0) is 4.79 Å². The monoisotopic (exact) mass is 391 g/mol. The molecule has 0 fully saturated rings. The van der Waals surface area contributed by atoms with Crippen molar-refractivity contribution in [2.45, 2.75) is 25.9 Å². The fourth-order valence-corrected chi connectivity index (χ4v) is 3.24. The molecule has 2 atom stereocenters. The van der Waals surface area contributed by atoms with Gasteiger partial charge >= 0.3 is 0 Å². The Kier molecular flexibility index (Phi) is 6.26. The number of benzene rings is 3. The third kappa shape index (κ3) is 4.62. The first-order chi connectivity index (χ1) is 13.9. The van der Waals surface area contributed by atoms with Crippen molar-refractivity contribution >= 4 is 28.3 Å². The zero-order valence-electron chi connectivity index (χ0n) is 16.5. The van der Waals surface area contributed by atoms with Crippen LogP contribution in [0.2, 0.25) is 0 Å². The van der Waals surface area contributed by atoms with Gasteiger partial charge in [-0.3, -0.25) is 9.59 Å². The van der Waals surface area contributed by atoms with Crippen LogP contribution in [-0.4, -0.2) is 29.6 Å². The zero-order valence-corrected chi connectivity index (χ0v) is 16.5. The largest absolute Gasteiger partial charge is 0.394 e. The average Bonchev–Trinajstić information content (AvgIpc) is 2.73. The molecule has 3 rings (SSSR count). The number of nitrogens with two attached hydrogens (primary N) is 1. The highest BCUT2D eigenvalue weighted by Crippen LogP contribution is 2.25. The second-order valence-electron chi connectivity index (χ2n) is 7.07. The van der Waals surface area contributed by atoms with Gasteiger partial charge in [0.1, 0.15) is 6.04 Å². The predicted molar refractivity (Wildman–Crippen MR) is 115 cm³/mol. The van der Waals surface area contributed by atoms with E-state index in [1.165, 1.54) is 0 Å². The van der Waals surface area contributed by atoms with Crippen LogP contribution in [0.3, 0.4) is 0 Å². The molecule has 0 unspecified atom stereocenters. The van der Waals surface area contributed by atoms with E-state index in [2.05, 4.69) is 10.6 Å². The molecule has 3 aromatic rings. The molecule has 0 saturated carbocycles. The number of anilines is 1. The second-order valence-corrected chi connectivity index (χ2v) is 7.07. The van der Waals surface area contributed by atoms with Crippen LogP contribution < -0.4 is 16.4 Å². The van der Waals surface area contributed by atoms with Gasteiger partial charge in [0.05, 0.1) is 12.6 Å². The van der Waals surface area contributed by atoms with Gasteiger partial charge < -0.3 is 21.5 Å². The number of carbonyl (C=O) groups excluding carboxylic acids is 2. The van der Waals surface area contributed by atoms with Gasteiger partial charge in [0, 0.05) is 11.3 Å². The summed E-state index contributed by atoms with van der Waals surface area (Å²) in [6.07, 6.45) is 0. The summed E-state index contributed by atoms with van der Waals surface area (Å²) < 4.78 is 0. The Labute approximate surface area is 169 Å². The first kappa shape index (κ1) is 20.5. The lowest BCUT2D eigenvalue weighted by atomic mass is 9.99. The summed E-state index contributed by atoms with van der Waals surface area (Å²) in [5, 5.41) is 16.9. The summed E-state index contributed by atoms with van der Waals surface area (Å²) in [6.45, 7) is 3.33. The molecule has 0 aliphatic carbocycles. The molecular weight excluding hydrogens is 366 g/mol. The predicted octanol–water partition coefficient (Wildman–Crippen LogP) is 2.90. The molecule has 150 valence electrons. The van der Waals surface area contributed by atoms with Crippen LogP contribution in [0.1, 0.15) is 34.5 Å². The lowest BCUT2D eigenvalue weighted by Crippen LogP contribution is -2.38. The number of amides is 2. The molecule has 6 heteroatoms. The maximum Gasteiger partial charge on any atom is 0.252 e. The van der Waals surface area contributed by atoms with E-state index in [0.29, 0.717) is 11.3 Å². The third-order valence-electron chi connectivity index (χ3n) is 4.92. The van der Waals surface area contributed by atoms with Crippen molar-refractivity contribution in [3.8, 4) is 0 Å². The van der Waals surface area contributed by atoms with E-state index in [1.54, 1.807) is 18.2 Å². The van der Waals surface area contributed by atoms with Gasteiger partial charge in [-0.2, -0.15) is 0 Å². The van der Waals surface area contributed by atoms with Crippen LogP contribution in [0, 0.1) is 6.92 Å². The van der Waals surface area contributed by atoms with E-state index in [-0.39, 0.29) is 11.9 Å². The summed E-state index contributed by atoms with van der Waals surface area (Å²) in [4.78, 5) is 24.8. The van der Waals surface area contributed by atoms with Crippen molar-refractivity contribution in [1.29, 1.82) is 0 Å². The maximum atomic E-state index is 12.9. The van der Waals surface area contributed by atoms with Gasteiger partial charge in [0.25, 0.3) is 5.91 Å². The number of carbonyl (C=O) groups is 2. The number of aliphatic hydroxyl groups is 1. The topological polar surface area (TPSA) is 104 Å². The Morgan fingerprint density at radius 3 is 2.55 bits per heavy atom. The number of rotatable bonds is 6. The van der Waals surface area contributed by atoms with Crippen LogP contribution >= 0.6 is 0 Å². The quantitative estimate of drug-likeness (QED) is 0.519. The smallest absolute Gasteiger partial charge is 0.252 e. The van der Waals surface area contributed by atoms with E-state index >= 15 is 0 Å².